The average molecular weight is 198 g/mol. The van der Waals surface area contributed by atoms with Crippen molar-refractivity contribution in [1.82, 2.24) is 0 Å². The fourth-order valence-electron chi connectivity index (χ4n) is 1.94. The third kappa shape index (κ3) is 2.73. The number of esters is 1. The van der Waals surface area contributed by atoms with Crippen molar-refractivity contribution in [2.45, 2.75) is 64.9 Å². The van der Waals surface area contributed by atoms with Crippen LogP contribution in [0, 0.1) is 5.92 Å². The molecule has 1 atom stereocenters. The lowest BCUT2D eigenvalue weighted by Gasteiger charge is -2.38. The second-order valence-electron chi connectivity index (χ2n) is 4.62. The van der Waals surface area contributed by atoms with Crippen molar-refractivity contribution < 1.29 is 9.53 Å². The van der Waals surface area contributed by atoms with Crippen molar-refractivity contribution in [1.29, 1.82) is 0 Å². The van der Waals surface area contributed by atoms with E-state index in [1.807, 2.05) is 6.92 Å². The van der Waals surface area contributed by atoms with Crippen molar-refractivity contribution in [2.24, 2.45) is 5.92 Å². The zero-order chi connectivity index (χ0) is 10.6. The van der Waals surface area contributed by atoms with Crippen LogP contribution in [0.5, 0.6) is 0 Å². The molecule has 1 unspecified atom stereocenters. The normalized spacial score (nSPS) is 21.1. The van der Waals surface area contributed by atoms with Gasteiger partial charge in [-0.2, -0.15) is 0 Å². The first kappa shape index (κ1) is 11.5. The van der Waals surface area contributed by atoms with Crippen LogP contribution in [0.3, 0.4) is 0 Å². The highest BCUT2D eigenvalue weighted by molar-refractivity contribution is 5.72. The Hall–Kier alpha value is -0.530. The van der Waals surface area contributed by atoms with E-state index in [1.165, 1.54) is 6.42 Å². The van der Waals surface area contributed by atoms with Crippen LogP contribution < -0.4 is 0 Å². The summed E-state index contributed by atoms with van der Waals surface area (Å²) in [5.74, 6) is 0.147. The van der Waals surface area contributed by atoms with Crippen LogP contribution in [0.4, 0.5) is 0 Å². The lowest BCUT2D eigenvalue weighted by molar-refractivity contribution is -0.172. The van der Waals surface area contributed by atoms with E-state index in [0.29, 0.717) is 0 Å². The van der Waals surface area contributed by atoms with Crippen molar-refractivity contribution >= 4 is 5.97 Å². The molecule has 0 aromatic carbocycles. The third-order valence-corrected chi connectivity index (χ3v) is 3.22. The summed E-state index contributed by atoms with van der Waals surface area (Å²) in [6.45, 7) is 6.22. The van der Waals surface area contributed by atoms with Crippen LogP contribution in [-0.2, 0) is 9.53 Å². The second-order valence-corrected chi connectivity index (χ2v) is 4.62. The molecular formula is C12H22O2. The second kappa shape index (κ2) is 4.81. The molecule has 0 aromatic rings. The van der Waals surface area contributed by atoms with Crippen molar-refractivity contribution in [3.8, 4) is 0 Å². The molecule has 0 amide bonds. The Kier molecular flexibility index (Phi) is 3.97. The van der Waals surface area contributed by atoms with Crippen molar-refractivity contribution in [3.05, 3.63) is 0 Å². The molecule has 1 fully saturated rings. The van der Waals surface area contributed by atoms with Gasteiger partial charge in [0.05, 0.1) is 5.92 Å². The summed E-state index contributed by atoms with van der Waals surface area (Å²) in [7, 11) is 0. The topological polar surface area (TPSA) is 26.3 Å². The van der Waals surface area contributed by atoms with E-state index in [0.717, 1.165) is 32.1 Å². The van der Waals surface area contributed by atoms with Crippen LogP contribution in [0.2, 0.25) is 0 Å². The third-order valence-electron chi connectivity index (χ3n) is 3.22. The Morgan fingerprint density at radius 1 is 1.43 bits per heavy atom. The molecule has 2 nitrogen and oxygen atoms in total. The van der Waals surface area contributed by atoms with E-state index in [4.69, 9.17) is 4.74 Å². The molecule has 82 valence electrons. The molecule has 1 rings (SSSR count). The first-order chi connectivity index (χ1) is 6.61. The SMILES string of the molecule is CCCC(CC)C(=O)OC1(C)CCC1. The van der Waals surface area contributed by atoms with E-state index in [1.54, 1.807) is 0 Å². The zero-order valence-electron chi connectivity index (χ0n) is 9.64. The predicted octanol–water partition coefficient (Wildman–Crippen LogP) is 3.30. The molecule has 1 aliphatic rings. The summed E-state index contributed by atoms with van der Waals surface area (Å²) in [6, 6.07) is 0. The Morgan fingerprint density at radius 3 is 2.43 bits per heavy atom. The quantitative estimate of drug-likeness (QED) is 0.633. The maximum Gasteiger partial charge on any atom is 0.309 e. The summed E-state index contributed by atoms with van der Waals surface area (Å²) < 4.78 is 5.54. The summed E-state index contributed by atoms with van der Waals surface area (Å²) in [4.78, 5) is 11.8. The summed E-state index contributed by atoms with van der Waals surface area (Å²) in [5.41, 5.74) is -0.127. The van der Waals surface area contributed by atoms with E-state index < -0.39 is 0 Å². The molecule has 1 aliphatic carbocycles. The zero-order valence-corrected chi connectivity index (χ0v) is 9.64. The molecular weight excluding hydrogens is 176 g/mol. The van der Waals surface area contributed by atoms with Crippen LogP contribution in [0.25, 0.3) is 0 Å². The summed E-state index contributed by atoms with van der Waals surface area (Å²) in [6.07, 6.45) is 6.22. The monoisotopic (exact) mass is 198 g/mol. The summed E-state index contributed by atoms with van der Waals surface area (Å²) in [5, 5.41) is 0. The van der Waals surface area contributed by atoms with Crippen LogP contribution >= 0.6 is 0 Å². The Bertz CT molecular complexity index is 194. The maximum absolute atomic E-state index is 11.8. The molecule has 0 N–H and O–H groups in total. The molecule has 1 saturated carbocycles. The van der Waals surface area contributed by atoms with Gasteiger partial charge in [0.25, 0.3) is 0 Å². The molecule has 0 aliphatic heterocycles. The lowest BCUT2D eigenvalue weighted by Crippen LogP contribution is -2.40. The Balaban J connectivity index is 2.38. The van der Waals surface area contributed by atoms with E-state index in [9.17, 15) is 4.79 Å². The van der Waals surface area contributed by atoms with Gasteiger partial charge in [-0.05, 0) is 39.0 Å². The molecule has 0 heterocycles. The van der Waals surface area contributed by atoms with Gasteiger partial charge in [0, 0.05) is 0 Å². The number of hydrogen-bond acceptors (Lipinski definition) is 2. The van der Waals surface area contributed by atoms with Crippen molar-refractivity contribution in [2.75, 3.05) is 0 Å². The molecule has 0 bridgehead atoms. The van der Waals surface area contributed by atoms with Gasteiger partial charge < -0.3 is 4.74 Å². The Morgan fingerprint density at radius 2 is 2.07 bits per heavy atom. The molecule has 0 spiro atoms. The van der Waals surface area contributed by atoms with Gasteiger partial charge in [0.15, 0.2) is 0 Å². The Labute approximate surface area is 87.0 Å². The van der Waals surface area contributed by atoms with E-state index in [2.05, 4.69) is 13.8 Å². The number of carbonyl (C=O) groups is 1. The van der Waals surface area contributed by atoms with E-state index in [-0.39, 0.29) is 17.5 Å². The first-order valence-corrected chi connectivity index (χ1v) is 5.84. The number of hydrogen-bond donors (Lipinski definition) is 0. The fraction of sp³-hybridized carbons (Fsp3) is 0.917. The number of ether oxygens (including phenoxy) is 1. The van der Waals surface area contributed by atoms with E-state index >= 15 is 0 Å². The van der Waals surface area contributed by atoms with Gasteiger partial charge in [0.2, 0.25) is 0 Å². The molecule has 0 aromatic heterocycles. The highest BCUT2D eigenvalue weighted by atomic mass is 16.6. The van der Waals surface area contributed by atoms with Gasteiger partial charge in [-0.3, -0.25) is 4.79 Å². The lowest BCUT2D eigenvalue weighted by atomic mass is 9.81. The van der Waals surface area contributed by atoms with Gasteiger partial charge in [-0.15, -0.1) is 0 Å². The number of rotatable bonds is 5. The van der Waals surface area contributed by atoms with Crippen LogP contribution in [0.1, 0.15) is 59.3 Å². The van der Waals surface area contributed by atoms with Gasteiger partial charge in [0.1, 0.15) is 5.60 Å². The van der Waals surface area contributed by atoms with Gasteiger partial charge in [-0.25, -0.2) is 0 Å². The predicted molar refractivity (Wildman–Crippen MR) is 57.0 cm³/mol. The van der Waals surface area contributed by atoms with Gasteiger partial charge >= 0.3 is 5.97 Å². The highest BCUT2D eigenvalue weighted by Gasteiger charge is 2.36. The minimum absolute atomic E-state index is 0.0246. The van der Waals surface area contributed by atoms with Gasteiger partial charge in [-0.1, -0.05) is 20.3 Å². The average Bonchev–Trinajstić information content (AvgIpc) is 2.11. The van der Waals surface area contributed by atoms with Crippen LogP contribution in [-0.4, -0.2) is 11.6 Å². The molecule has 14 heavy (non-hydrogen) atoms. The fourth-order valence-corrected chi connectivity index (χ4v) is 1.94. The minimum atomic E-state index is -0.127. The first-order valence-electron chi connectivity index (χ1n) is 5.84. The minimum Gasteiger partial charge on any atom is -0.459 e. The molecule has 2 heteroatoms. The summed E-state index contributed by atoms with van der Waals surface area (Å²) >= 11 is 0. The molecule has 0 saturated heterocycles. The largest absolute Gasteiger partial charge is 0.459 e. The maximum atomic E-state index is 11.8. The number of carbonyl (C=O) groups excluding carboxylic acids is 1. The molecule has 0 radical (unpaired) electrons. The smallest absolute Gasteiger partial charge is 0.309 e. The highest BCUT2D eigenvalue weighted by Crippen LogP contribution is 2.36. The standard InChI is InChI=1S/C12H22O2/c1-4-7-10(5-2)11(13)14-12(3)8-6-9-12/h10H,4-9H2,1-3H3. The van der Waals surface area contributed by atoms with Crippen molar-refractivity contribution in [3.63, 3.8) is 0 Å². The van der Waals surface area contributed by atoms with Crippen LogP contribution in [0.15, 0.2) is 0 Å².